The summed E-state index contributed by atoms with van der Waals surface area (Å²) in [7, 11) is 0. The number of carbonyl (C=O) groups is 2. The third-order valence-electron chi connectivity index (χ3n) is 2.85. The van der Waals surface area contributed by atoms with E-state index in [9.17, 15) is 9.59 Å². The highest BCUT2D eigenvalue weighted by Gasteiger charge is 2.24. The van der Waals surface area contributed by atoms with Crippen molar-refractivity contribution in [2.24, 2.45) is 0 Å². The number of rotatable bonds is 2. The van der Waals surface area contributed by atoms with Crippen LogP contribution in [0.15, 0.2) is 12.2 Å². The van der Waals surface area contributed by atoms with Gasteiger partial charge in [-0.2, -0.15) is 0 Å². The topological polar surface area (TPSA) is 59.2 Å². The summed E-state index contributed by atoms with van der Waals surface area (Å²) < 4.78 is 4.98. The maximum Gasteiger partial charge on any atom is 0.355 e. The first-order valence-corrected chi connectivity index (χ1v) is 5.74. The number of aryl methyl sites for hydroxylation is 1. The molecule has 0 spiro atoms. The molecule has 17 heavy (non-hydrogen) atoms. The Labute approximate surface area is 99.7 Å². The van der Waals surface area contributed by atoms with Gasteiger partial charge in [-0.1, -0.05) is 6.08 Å². The van der Waals surface area contributed by atoms with E-state index in [1.807, 2.05) is 6.08 Å². The summed E-state index contributed by atoms with van der Waals surface area (Å²) >= 11 is 0. The number of aromatic amines is 1. The summed E-state index contributed by atoms with van der Waals surface area (Å²) in [6.45, 7) is 3.90. The highest BCUT2D eigenvalue weighted by Crippen LogP contribution is 2.24. The molecule has 90 valence electrons. The van der Waals surface area contributed by atoms with E-state index in [-0.39, 0.29) is 11.8 Å². The molecule has 0 unspecified atom stereocenters. The fraction of sp³-hybridized carbons (Fsp3) is 0.385. The fourth-order valence-corrected chi connectivity index (χ4v) is 2.14. The van der Waals surface area contributed by atoms with Gasteiger partial charge in [0, 0.05) is 11.3 Å². The summed E-state index contributed by atoms with van der Waals surface area (Å²) in [6, 6.07) is 0. The van der Waals surface area contributed by atoms with Gasteiger partial charge in [0.15, 0.2) is 5.78 Å². The molecule has 4 nitrogen and oxygen atoms in total. The Morgan fingerprint density at radius 3 is 3.00 bits per heavy atom. The van der Waals surface area contributed by atoms with Crippen LogP contribution in [0.4, 0.5) is 0 Å². The highest BCUT2D eigenvalue weighted by atomic mass is 16.5. The molecule has 0 bridgehead atoms. The van der Waals surface area contributed by atoms with Crippen LogP contribution in [0.1, 0.15) is 45.4 Å². The molecule has 1 heterocycles. The monoisotopic (exact) mass is 233 g/mol. The number of allylic oxidation sites excluding steroid dienone is 2. The smallest absolute Gasteiger partial charge is 0.355 e. The molecule has 0 saturated carbocycles. The summed E-state index contributed by atoms with van der Waals surface area (Å²) in [5.41, 5.74) is 2.58. The van der Waals surface area contributed by atoms with Crippen LogP contribution in [0.3, 0.4) is 0 Å². The average Bonchev–Trinajstić information content (AvgIpc) is 2.49. The van der Waals surface area contributed by atoms with Gasteiger partial charge in [-0.3, -0.25) is 4.79 Å². The van der Waals surface area contributed by atoms with Crippen LogP contribution in [0, 0.1) is 6.92 Å². The van der Waals surface area contributed by atoms with Gasteiger partial charge in [-0.15, -0.1) is 0 Å². The quantitative estimate of drug-likeness (QED) is 0.796. The predicted octanol–water partition coefficient (Wildman–Crippen LogP) is 2.18. The van der Waals surface area contributed by atoms with E-state index in [2.05, 4.69) is 4.98 Å². The van der Waals surface area contributed by atoms with Crippen molar-refractivity contribution < 1.29 is 14.3 Å². The third-order valence-corrected chi connectivity index (χ3v) is 2.85. The molecule has 0 aliphatic heterocycles. The number of carbonyl (C=O) groups excluding carboxylic acids is 2. The van der Waals surface area contributed by atoms with E-state index in [0.29, 0.717) is 24.3 Å². The Morgan fingerprint density at radius 2 is 2.29 bits per heavy atom. The number of nitrogens with one attached hydrogen (secondary N) is 1. The third kappa shape index (κ3) is 2.02. The number of ether oxygens (including phenoxy) is 1. The molecular weight excluding hydrogens is 218 g/mol. The molecule has 1 aromatic heterocycles. The minimum absolute atomic E-state index is 0.0400. The minimum Gasteiger partial charge on any atom is -0.461 e. The zero-order chi connectivity index (χ0) is 12.4. The second kappa shape index (κ2) is 4.57. The number of ketones is 1. The van der Waals surface area contributed by atoms with E-state index >= 15 is 0 Å². The van der Waals surface area contributed by atoms with Crippen LogP contribution in [0.2, 0.25) is 0 Å². The number of esters is 1. The van der Waals surface area contributed by atoms with Crippen LogP contribution in [-0.2, 0) is 11.2 Å². The van der Waals surface area contributed by atoms with Crippen LogP contribution in [-0.4, -0.2) is 23.3 Å². The van der Waals surface area contributed by atoms with Crippen LogP contribution in [0.25, 0.3) is 0 Å². The van der Waals surface area contributed by atoms with Gasteiger partial charge in [0.05, 0.1) is 6.61 Å². The molecule has 0 saturated heterocycles. The van der Waals surface area contributed by atoms with Crippen LogP contribution < -0.4 is 0 Å². The van der Waals surface area contributed by atoms with Gasteiger partial charge in [0.1, 0.15) is 5.69 Å². The lowest BCUT2D eigenvalue weighted by atomic mass is 10.0. The number of H-pyrrole nitrogens is 1. The largest absolute Gasteiger partial charge is 0.461 e. The molecule has 2 rings (SSSR count). The van der Waals surface area contributed by atoms with E-state index in [0.717, 1.165) is 17.7 Å². The number of hydrogen-bond acceptors (Lipinski definition) is 3. The first-order chi connectivity index (χ1) is 8.15. The van der Waals surface area contributed by atoms with Crippen molar-refractivity contribution in [1.29, 1.82) is 0 Å². The van der Waals surface area contributed by atoms with E-state index in [4.69, 9.17) is 4.74 Å². The first kappa shape index (κ1) is 11.6. The second-order valence-electron chi connectivity index (χ2n) is 4.00. The molecule has 4 heteroatoms. The van der Waals surface area contributed by atoms with Crippen molar-refractivity contribution in [2.45, 2.75) is 26.7 Å². The number of fused-ring (bicyclic) bond motifs is 1. The van der Waals surface area contributed by atoms with Crippen molar-refractivity contribution in [3.63, 3.8) is 0 Å². The molecule has 0 aromatic carbocycles. The van der Waals surface area contributed by atoms with E-state index < -0.39 is 0 Å². The van der Waals surface area contributed by atoms with Gasteiger partial charge in [-0.05, 0) is 38.3 Å². The zero-order valence-corrected chi connectivity index (χ0v) is 10.0. The average molecular weight is 233 g/mol. The van der Waals surface area contributed by atoms with Gasteiger partial charge in [-0.25, -0.2) is 4.79 Å². The minimum atomic E-state index is -0.383. The molecule has 1 aliphatic carbocycles. The summed E-state index contributed by atoms with van der Waals surface area (Å²) in [5.74, 6) is -0.423. The predicted molar refractivity (Wildman–Crippen MR) is 63.3 cm³/mol. The fourth-order valence-electron chi connectivity index (χ4n) is 2.14. The van der Waals surface area contributed by atoms with Gasteiger partial charge >= 0.3 is 5.97 Å². The Kier molecular flexibility index (Phi) is 3.13. The SMILES string of the molecule is CCOC(=O)c1[nH]c(C)c2c1CCC=CC2=O. The molecule has 1 aliphatic rings. The Hall–Kier alpha value is -1.84. The molecule has 0 radical (unpaired) electrons. The molecule has 1 aromatic rings. The van der Waals surface area contributed by atoms with Crippen molar-refractivity contribution in [3.8, 4) is 0 Å². The maximum absolute atomic E-state index is 11.9. The zero-order valence-electron chi connectivity index (χ0n) is 10.0. The van der Waals surface area contributed by atoms with Gasteiger partial charge < -0.3 is 9.72 Å². The summed E-state index contributed by atoms with van der Waals surface area (Å²) in [5, 5.41) is 0. The second-order valence-corrected chi connectivity index (χ2v) is 4.00. The molecular formula is C13H15NO3. The maximum atomic E-state index is 11.9. The Balaban J connectivity index is 2.48. The van der Waals surface area contributed by atoms with Crippen molar-refractivity contribution in [3.05, 3.63) is 34.7 Å². The highest BCUT2D eigenvalue weighted by molar-refractivity contribution is 6.09. The van der Waals surface area contributed by atoms with Crippen LogP contribution >= 0.6 is 0 Å². The van der Waals surface area contributed by atoms with Crippen LogP contribution in [0.5, 0.6) is 0 Å². The normalized spacial score (nSPS) is 14.4. The van der Waals surface area contributed by atoms with Crippen molar-refractivity contribution >= 4 is 11.8 Å². The molecule has 1 N–H and O–H groups in total. The Bertz CT molecular complexity index is 497. The summed E-state index contributed by atoms with van der Waals surface area (Å²) in [4.78, 5) is 26.6. The molecule has 0 fully saturated rings. The lowest BCUT2D eigenvalue weighted by molar-refractivity contribution is 0.0519. The summed E-state index contributed by atoms with van der Waals surface area (Å²) in [6.07, 6.45) is 4.87. The number of hydrogen-bond donors (Lipinski definition) is 1. The van der Waals surface area contributed by atoms with E-state index in [1.165, 1.54) is 0 Å². The van der Waals surface area contributed by atoms with Gasteiger partial charge in [0.2, 0.25) is 0 Å². The number of aromatic nitrogens is 1. The van der Waals surface area contributed by atoms with Gasteiger partial charge in [0.25, 0.3) is 0 Å². The molecule has 0 amide bonds. The lowest BCUT2D eigenvalue weighted by Gasteiger charge is -2.03. The van der Waals surface area contributed by atoms with Crippen molar-refractivity contribution in [1.82, 2.24) is 4.98 Å². The lowest BCUT2D eigenvalue weighted by Crippen LogP contribution is -2.08. The van der Waals surface area contributed by atoms with Crippen molar-refractivity contribution in [2.75, 3.05) is 6.61 Å². The Morgan fingerprint density at radius 1 is 1.53 bits per heavy atom. The standard InChI is InChI=1S/C13H15NO3/c1-3-17-13(16)12-9-6-4-5-7-10(15)11(9)8(2)14-12/h5,7,14H,3-4,6H2,1-2H3. The first-order valence-electron chi connectivity index (χ1n) is 5.74. The molecule has 0 atom stereocenters. The van der Waals surface area contributed by atoms with E-state index in [1.54, 1.807) is 19.9 Å².